The molecule has 0 aliphatic rings. The molecular formula is C19H19F3N4OS. The molecule has 148 valence electrons. The molecule has 2 heterocycles. The number of hydrogen-bond acceptors (Lipinski definition) is 4. The lowest BCUT2D eigenvalue weighted by Gasteiger charge is -2.07. The van der Waals surface area contributed by atoms with Crippen molar-refractivity contribution in [2.75, 3.05) is 5.32 Å². The predicted octanol–water partition coefficient (Wildman–Crippen LogP) is 4.66. The van der Waals surface area contributed by atoms with Crippen molar-refractivity contribution in [2.24, 2.45) is 7.05 Å². The molecule has 3 rings (SSSR count). The number of amides is 1. The van der Waals surface area contributed by atoms with Gasteiger partial charge in [0.25, 0.3) is 5.91 Å². The van der Waals surface area contributed by atoms with Crippen LogP contribution >= 0.6 is 11.3 Å². The summed E-state index contributed by atoms with van der Waals surface area (Å²) in [5.41, 5.74) is 2.34. The zero-order chi connectivity index (χ0) is 20.6. The summed E-state index contributed by atoms with van der Waals surface area (Å²) in [7, 11) is 1.77. The number of nitrogens with one attached hydrogen (secondary N) is 1. The van der Waals surface area contributed by atoms with Crippen LogP contribution in [-0.2, 0) is 19.6 Å². The van der Waals surface area contributed by atoms with Crippen LogP contribution in [0.5, 0.6) is 0 Å². The summed E-state index contributed by atoms with van der Waals surface area (Å²) < 4.78 is 40.3. The molecule has 0 saturated carbocycles. The number of rotatable bonds is 4. The molecule has 0 fully saturated rings. The van der Waals surface area contributed by atoms with E-state index < -0.39 is 11.7 Å². The number of hydrogen-bond donors (Lipinski definition) is 1. The van der Waals surface area contributed by atoms with Crippen molar-refractivity contribution in [3.05, 3.63) is 63.0 Å². The molecule has 9 heteroatoms. The monoisotopic (exact) mass is 408 g/mol. The van der Waals surface area contributed by atoms with Crippen LogP contribution < -0.4 is 5.32 Å². The number of carbonyl (C=O) groups excluding carboxylic acids is 1. The number of alkyl halides is 3. The minimum Gasteiger partial charge on any atom is -0.312 e. The molecular weight excluding hydrogens is 389 g/mol. The second-order valence-corrected chi connectivity index (χ2v) is 7.60. The number of aryl methyl sites for hydroxylation is 3. The van der Waals surface area contributed by atoms with E-state index in [9.17, 15) is 18.0 Å². The Morgan fingerprint density at radius 2 is 1.93 bits per heavy atom. The minimum absolute atomic E-state index is 0.260. The van der Waals surface area contributed by atoms with Crippen LogP contribution in [0.2, 0.25) is 0 Å². The molecule has 2 aromatic heterocycles. The molecule has 0 spiro atoms. The molecule has 0 unspecified atom stereocenters. The first-order chi connectivity index (χ1) is 13.1. The van der Waals surface area contributed by atoms with Gasteiger partial charge in [-0.1, -0.05) is 18.2 Å². The Bertz CT molecular complexity index is 1040. The van der Waals surface area contributed by atoms with Gasteiger partial charge in [-0.25, -0.2) is 4.98 Å². The summed E-state index contributed by atoms with van der Waals surface area (Å²) in [6.07, 6.45) is -4.12. The van der Waals surface area contributed by atoms with Gasteiger partial charge >= 0.3 is 6.18 Å². The quantitative estimate of drug-likeness (QED) is 0.683. The standard InChI is InChI=1S/C19H19F3N4OS/c1-10-16(12(3)26(4)25-10)17(27)24-18-11(2)23-15(28-18)9-13-6-5-7-14(8-13)19(20,21)22/h5-8H,9H2,1-4H3,(H,24,27). The van der Waals surface area contributed by atoms with Crippen LogP contribution in [0.4, 0.5) is 18.2 Å². The van der Waals surface area contributed by atoms with E-state index in [1.807, 2.05) is 6.92 Å². The van der Waals surface area contributed by atoms with E-state index >= 15 is 0 Å². The van der Waals surface area contributed by atoms with Gasteiger partial charge in [-0.15, -0.1) is 11.3 Å². The molecule has 0 saturated heterocycles. The van der Waals surface area contributed by atoms with Crippen molar-refractivity contribution in [1.29, 1.82) is 0 Å². The third-order valence-corrected chi connectivity index (χ3v) is 5.49. The maximum absolute atomic E-state index is 12.9. The molecule has 0 aliphatic carbocycles. The first-order valence-electron chi connectivity index (χ1n) is 8.50. The van der Waals surface area contributed by atoms with Crippen molar-refractivity contribution in [2.45, 2.75) is 33.4 Å². The normalized spacial score (nSPS) is 11.7. The van der Waals surface area contributed by atoms with E-state index in [0.717, 1.165) is 17.8 Å². The van der Waals surface area contributed by atoms with E-state index in [4.69, 9.17) is 0 Å². The van der Waals surface area contributed by atoms with Crippen LogP contribution in [0.1, 0.15) is 43.6 Å². The van der Waals surface area contributed by atoms with E-state index in [1.165, 1.54) is 17.4 Å². The Hall–Kier alpha value is -2.68. The Morgan fingerprint density at radius 1 is 1.21 bits per heavy atom. The molecule has 0 radical (unpaired) electrons. The average molecular weight is 408 g/mol. The topological polar surface area (TPSA) is 59.8 Å². The number of carbonyl (C=O) groups is 1. The highest BCUT2D eigenvalue weighted by Gasteiger charge is 2.30. The highest BCUT2D eigenvalue weighted by molar-refractivity contribution is 7.16. The lowest BCUT2D eigenvalue weighted by atomic mass is 10.1. The third-order valence-electron chi connectivity index (χ3n) is 4.41. The van der Waals surface area contributed by atoms with Crippen molar-refractivity contribution in [3.8, 4) is 0 Å². The fourth-order valence-electron chi connectivity index (χ4n) is 2.94. The van der Waals surface area contributed by atoms with Gasteiger partial charge in [0.2, 0.25) is 0 Å². The van der Waals surface area contributed by atoms with E-state index in [2.05, 4.69) is 15.4 Å². The van der Waals surface area contributed by atoms with Gasteiger partial charge in [-0.05, 0) is 32.4 Å². The lowest BCUT2D eigenvalue weighted by Crippen LogP contribution is -2.13. The van der Waals surface area contributed by atoms with Crippen molar-refractivity contribution >= 4 is 22.2 Å². The zero-order valence-electron chi connectivity index (χ0n) is 15.8. The van der Waals surface area contributed by atoms with Crippen LogP contribution in [0.3, 0.4) is 0 Å². The molecule has 3 aromatic rings. The summed E-state index contributed by atoms with van der Waals surface area (Å²) in [5, 5.41) is 8.29. The fraction of sp³-hybridized carbons (Fsp3) is 0.316. The SMILES string of the molecule is Cc1nc(Cc2cccc(C(F)(F)F)c2)sc1NC(=O)c1c(C)nn(C)c1C. The summed E-state index contributed by atoms with van der Waals surface area (Å²) in [4.78, 5) is 17.0. The Balaban J connectivity index is 1.79. The highest BCUT2D eigenvalue weighted by Crippen LogP contribution is 2.31. The largest absolute Gasteiger partial charge is 0.416 e. The number of thiazole rings is 1. The maximum Gasteiger partial charge on any atom is 0.416 e. The second kappa shape index (κ2) is 7.38. The molecule has 0 atom stereocenters. The highest BCUT2D eigenvalue weighted by atomic mass is 32.1. The Labute approximate surface area is 164 Å². The first-order valence-corrected chi connectivity index (χ1v) is 9.32. The molecule has 5 nitrogen and oxygen atoms in total. The minimum atomic E-state index is -4.38. The predicted molar refractivity (Wildman–Crippen MR) is 102 cm³/mol. The molecule has 0 bridgehead atoms. The van der Waals surface area contributed by atoms with Crippen molar-refractivity contribution in [3.63, 3.8) is 0 Å². The molecule has 0 aliphatic heterocycles. The lowest BCUT2D eigenvalue weighted by molar-refractivity contribution is -0.137. The van der Waals surface area contributed by atoms with E-state index in [-0.39, 0.29) is 12.3 Å². The van der Waals surface area contributed by atoms with Gasteiger partial charge in [0.1, 0.15) is 5.00 Å². The van der Waals surface area contributed by atoms with Crippen molar-refractivity contribution in [1.82, 2.24) is 14.8 Å². The van der Waals surface area contributed by atoms with Gasteiger partial charge in [-0.3, -0.25) is 9.48 Å². The van der Waals surface area contributed by atoms with Gasteiger partial charge in [0.05, 0.1) is 27.5 Å². The van der Waals surface area contributed by atoms with Crippen LogP contribution in [-0.4, -0.2) is 20.7 Å². The summed E-state index contributed by atoms with van der Waals surface area (Å²) in [6, 6.07) is 5.18. The average Bonchev–Trinajstić information content (AvgIpc) is 3.05. The van der Waals surface area contributed by atoms with Gasteiger partial charge in [0.15, 0.2) is 0 Å². The molecule has 1 amide bonds. The smallest absolute Gasteiger partial charge is 0.312 e. The van der Waals surface area contributed by atoms with Crippen LogP contribution in [0.25, 0.3) is 0 Å². The summed E-state index contributed by atoms with van der Waals surface area (Å²) in [6.45, 7) is 5.33. The zero-order valence-corrected chi connectivity index (χ0v) is 16.6. The van der Waals surface area contributed by atoms with Gasteiger partial charge in [0, 0.05) is 19.2 Å². The van der Waals surface area contributed by atoms with Gasteiger partial charge in [-0.2, -0.15) is 18.3 Å². The number of halogens is 3. The number of aromatic nitrogens is 3. The Kier molecular flexibility index (Phi) is 5.29. The van der Waals surface area contributed by atoms with E-state index in [0.29, 0.717) is 32.5 Å². The van der Waals surface area contributed by atoms with Gasteiger partial charge < -0.3 is 5.32 Å². The van der Waals surface area contributed by atoms with E-state index in [1.54, 1.807) is 31.6 Å². The van der Waals surface area contributed by atoms with Crippen LogP contribution in [0.15, 0.2) is 24.3 Å². The summed E-state index contributed by atoms with van der Waals surface area (Å²) >= 11 is 1.26. The number of anilines is 1. The third kappa shape index (κ3) is 4.09. The first kappa shape index (κ1) is 20.1. The molecule has 1 aromatic carbocycles. The number of nitrogens with zero attached hydrogens (tertiary/aromatic N) is 3. The van der Waals surface area contributed by atoms with Crippen LogP contribution in [0, 0.1) is 20.8 Å². The molecule has 1 N–H and O–H groups in total. The second-order valence-electron chi connectivity index (χ2n) is 6.52. The number of benzene rings is 1. The fourth-order valence-corrected chi connectivity index (χ4v) is 3.94. The van der Waals surface area contributed by atoms with Crippen molar-refractivity contribution < 1.29 is 18.0 Å². The molecule has 28 heavy (non-hydrogen) atoms. The summed E-state index contributed by atoms with van der Waals surface area (Å²) in [5.74, 6) is -0.277. The maximum atomic E-state index is 12.9. The Morgan fingerprint density at radius 3 is 2.54 bits per heavy atom.